The highest BCUT2D eigenvalue weighted by Crippen LogP contribution is 2.21. The molecule has 3 heterocycles. The maximum Gasteiger partial charge on any atom is 0.246 e. The first-order valence-corrected chi connectivity index (χ1v) is 11.9. The molecule has 0 aliphatic carbocycles. The van der Waals surface area contributed by atoms with Crippen LogP contribution in [0, 0.1) is 0 Å². The highest BCUT2D eigenvalue weighted by Gasteiger charge is 2.22. The van der Waals surface area contributed by atoms with Gasteiger partial charge in [0.05, 0.1) is 18.1 Å². The second-order valence-corrected chi connectivity index (χ2v) is 9.07. The number of anilines is 3. The van der Waals surface area contributed by atoms with E-state index >= 15 is 0 Å². The van der Waals surface area contributed by atoms with Gasteiger partial charge in [0.1, 0.15) is 5.82 Å². The smallest absolute Gasteiger partial charge is 0.246 e. The van der Waals surface area contributed by atoms with Crippen LogP contribution in [0.1, 0.15) is 12.8 Å². The minimum atomic E-state index is 0.0698. The van der Waals surface area contributed by atoms with Crippen molar-refractivity contribution in [2.45, 2.75) is 18.9 Å². The summed E-state index contributed by atoms with van der Waals surface area (Å²) < 4.78 is 0. The molecule has 0 unspecified atom stereocenters. The van der Waals surface area contributed by atoms with E-state index in [1.807, 2.05) is 54.2 Å². The highest BCUT2D eigenvalue weighted by molar-refractivity contribution is 6.30. The van der Waals surface area contributed by atoms with Gasteiger partial charge in [-0.15, -0.1) is 0 Å². The molecule has 9 nitrogen and oxygen atoms in total. The molecule has 35 heavy (non-hydrogen) atoms. The fraction of sp³-hybridized carbons (Fsp3) is 0.320. The van der Waals surface area contributed by atoms with E-state index in [9.17, 15) is 4.79 Å². The molecular weight excluding hydrogens is 464 g/mol. The zero-order chi connectivity index (χ0) is 24.6. The van der Waals surface area contributed by atoms with Crippen molar-refractivity contribution < 1.29 is 4.79 Å². The summed E-state index contributed by atoms with van der Waals surface area (Å²) in [5.74, 6) is 1.23. The Bertz CT molecular complexity index is 1160. The molecule has 0 radical (unpaired) electrons. The normalized spacial score (nSPS) is 14.5. The van der Waals surface area contributed by atoms with Gasteiger partial charge in [-0.3, -0.25) is 9.78 Å². The van der Waals surface area contributed by atoms with Crippen LogP contribution in [0.4, 0.5) is 17.5 Å². The molecule has 3 aromatic rings. The number of rotatable bonds is 8. The van der Waals surface area contributed by atoms with Gasteiger partial charge in [0.25, 0.3) is 0 Å². The van der Waals surface area contributed by atoms with E-state index in [4.69, 9.17) is 11.6 Å². The van der Waals surface area contributed by atoms with E-state index < -0.39 is 0 Å². The Balaban J connectivity index is 1.31. The Morgan fingerprint density at radius 2 is 1.94 bits per heavy atom. The van der Waals surface area contributed by atoms with Gasteiger partial charge in [-0.05, 0) is 45.1 Å². The number of nitrogens with one attached hydrogen (secondary N) is 2. The number of likely N-dealkylation sites (tertiary alicyclic amines) is 1. The molecule has 1 aliphatic rings. The molecule has 1 amide bonds. The lowest BCUT2D eigenvalue weighted by atomic mass is 10.0. The summed E-state index contributed by atoms with van der Waals surface area (Å²) in [5, 5.41) is 7.22. The van der Waals surface area contributed by atoms with Crippen LogP contribution in [0.15, 0.2) is 61.2 Å². The summed E-state index contributed by atoms with van der Waals surface area (Å²) in [4.78, 5) is 34.0. The van der Waals surface area contributed by atoms with Gasteiger partial charge < -0.3 is 20.4 Å². The van der Waals surface area contributed by atoms with Gasteiger partial charge in [-0.25, -0.2) is 15.0 Å². The number of likely N-dealkylation sites (N-methyl/N-ethyl adjacent to an activating group) is 1. The van der Waals surface area contributed by atoms with Crippen molar-refractivity contribution in [3.8, 4) is 11.3 Å². The minimum Gasteiger partial charge on any atom is -0.366 e. The molecule has 0 bridgehead atoms. The van der Waals surface area contributed by atoms with Gasteiger partial charge >= 0.3 is 0 Å². The highest BCUT2D eigenvalue weighted by atomic mass is 35.5. The molecule has 4 rings (SSSR count). The summed E-state index contributed by atoms with van der Waals surface area (Å²) in [6, 6.07) is 7.60. The maximum absolute atomic E-state index is 12.3. The first-order chi connectivity index (χ1) is 17.0. The molecular formula is C25H29ClN8O. The SMILES string of the molecule is CN(C)C/C=C/C(=O)N1CCC(Nc2cncc(-c3cnc(Nc4cccc(Cl)c4)nc3)n2)CC1. The Morgan fingerprint density at radius 3 is 2.66 bits per heavy atom. The van der Waals surface area contributed by atoms with Crippen LogP contribution in [-0.4, -0.2) is 75.4 Å². The number of aromatic nitrogens is 4. The van der Waals surface area contributed by atoms with Gasteiger partial charge in [-0.2, -0.15) is 0 Å². The van der Waals surface area contributed by atoms with Crippen LogP contribution in [0.2, 0.25) is 5.02 Å². The van der Waals surface area contributed by atoms with E-state index in [0.29, 0.717) is 35.6 Å². The van der Waals surface area contributed by atoms with E-state index in [2.05, 4.69) is 30.6 Å². The second kappa shape index (κ2) is 11.7. The number of hydrogen-bond donors (Lipinski definition) is 2. The fourth-order valence-electron chi connectivity index (χ4n) is 3.72. The molecule has 1 fully saturated rings. The van der Waals surface area contributed by atoms with Crippen LogP contribution >= 0.6 is 11.6 Å². The largest absolute Gasteiger partial charge is 0.366 e. The van der Waals surface area contributed by atoms with Crippen molar-refractivity contribution in [3.05, 3.63) is 66.2 Å². The van der Waals surface area contributed by atoms with Crippen molar-refractivity contribution in [1.29, 1.82) is 0 Å². The monoisotopic (exact) mass is 492 g/mol. The molecule has 1 saturated heterocycles. The predicted octanol–water partition coefficient (Wildman–Crippen LogP) is 3.85. The van der Waals surface area contributed by atoms with Gasteiger partial charge in [0.15, 0.2) is 0 Å². The molecule has 1 aromatic carbocycles. The molecule has 10 heteroatoms. The van der Waals surface area contributed by atoms with Crippen molar-refractivity contribution in [3.63, 3.8) is 0 Å². The van der Waals surface area contributed by atoms with Crippen LogP contribution < -0.4 is 10.6 Å². The molecule has 2 N–H and O–H groups in total. The third kappa shape index (κ3) is 7.21. The Kier molecular flexibility index (Phi) is 8.23. The van der Waals surface area contributed by atoms with Crippen molar-refractivity contribution in [1.82, 2.24) is 29.7 Å². The number of piperidine rings is 1. The van der Waals surface area contributed by atoms with E-state index in [0.717, 1.165) is 30.6 Å². The molecule has 0 atom stereocenters. The molecule has 2 aromatic heterocycles. The zero-order valence-corrected chi connectivity index (χ0v) is 20.6. The van der Waals surface area contributed by atoms with Gasteiger partial charge in [-0.1, -0.05) is 23.7 Å². The minimum absolute atomic E-state index is 0.0698. The number of carbonyl (C=O) groups is 1. The predicted molar refractivity (Wildman–Crippen MR) is 139 cm³/mol. The zero-order valence-electron chi connectivity index (χ0n) is 19.9. The van der Waals surface area contributed by atoms with Crippen LogP contribution in [-0.2, 0) is 4.79 Å². The van der Waals surface area contributed by atoms with Crippen molar-refractivity contribution in [2.75, 3.05) is 44.4 Å². The number of carbonyl (C=O) groups excluding carboxylic acids is 1. The van der Waals surface area contributed by atoms with E-state index in [1.165, 1.54) is 0 Å². The maximum atomic E-state index is 12.3. The van der Waals surface area contributed by atoms with E-state index in [1.54, 1.807) is 30.9 Å². The summed E-state index contributed by atoms with van der Waals surface area (Å²) in [5.41, 5.74) is 2.26. The Labute approximate surface area is 210 Å². The van der Waals surface area contributed by atoms with Crippen LogP contribution in [0.3, 0.4) is 0 Å². The van der Waals surface area contributed by atoms with Gasteiger partial charge in [0, 0.05) is 60.4 Å². The number of amides is 1. The lowest BCUT2D eigenvalue weighted by molar-refractivity contribution is -0.126. The van der Waals surface area contributed by atoms with Crippen LogP contribution in [0.5, 0.6) is 0 Å². The first-order valence-electron chi connectivity index (χ1n) is 11.5. The summed E-state index contributed by atoms with van der Waals surface area (Å²) in [6.45, 7) is 2.18. The molecule has 1 aliphatic heterocycles. The topological polar surface area (TPSA) is 99.2 Å². The van der Waals surface area contributed by atoms with Crippen molar-refractivity contribution in [2.24, 2.45) is 0 Å². The number of nitrogens with zero attached hydrogens (tertiary/aromatic N) is 6. The second-order valence-electron chi connectivity index (χ2n) is 8.63. The number of halogens is 1. The molecule has 182 valence electrons. The average molecular weight is 493 g/mol. The first kappa shape index (κ1) is 24.6. The van der Waals surface area contributed by atoms with Crippen LogP contribution in [0.25, 0.3) is 11.3 Å². The summed E-state index contributed by atoms with van der Waals surface area (Å²) in [7, 11) is 3.96. The molecule has 0 saturated carbocycles. The summed E-state index contributed by atoms with van der Waals surface area (Å²) in [6.07, 6.45) is 12.1. The Morgan fingerprint density at radius 1 is 1.17 bits per heavy atom. The fourth-order valence-corrected chi connectivity index (χ4v) is 3.91. The standard InChI is InChI=1S/C25H29ClN8O/c1-33(2)10-4-7-24(35)34-11-8-20(9-12-34)30-23-17-27-16-22(32-23)18-14-28-25(29-15-18)31-21-6-3-5-19(26)13-21/h3-7,13-17,20H,8-12H2,1-2H3,(H,30,32)(H,28,29,31)/b7-4+. The lowest BCUT2D eigenvalue weighted by Gasteiger charge is -2.32. The van der Waals surface area contributed by atoms with Crippen molar-refractivity contribution >= 4 is 35.0 Å². The number of hydrogen-bond acceptors (Lipinski definition) is 8. The average Bonchev–Trinajstić information content (AvgIpc) is 2.85. The third-order valence-electron chi connectivity index (χ3n) is 5.55. The summed E-state index contributed by atoms with van der Waals surface area (Å²) >= 11 is 6.03. The molecule has 0 spiro atoms. The lowest BCUT2D eigenvalue weighted by Crippen LogP contribution is -2.41. The van der Waals surface area contributed by atoms with E-state index in [-0.39, 0.29) is 11.9 Å². The third-order valence-corrected chi connectivity index (χ3v) is 5.79. The Hall–Kier alpha value is -3.56. The van der Waals surface area contributed by atoms with Gasteiger partial charge in [0.2, 0.25) is 11.9 Å². The number of benzene rings is 1. The quantitative estimate of drug-likeness (QED) is 0.457.